The monoisotopic (exact) mass is 387 g/mol. The molecule has 140 valence electrons. The summed E-state index contributed by atoms with van der Waals surface area (Å²) in [5.74, 6) is 0.0495. The molecular formula is C23H21N3OS. The van der Waals surface area contributed by atoms with Crippen LogP contribution in [0.5, 0.6) is 0 Å². The molecule has 5 heteroatoms. The van der Waals surface area contributed by atoms with Gasteiger partial charge in [0.2, 0.25) is 5.91 Å². The molecule has 0 aliphatic rings. The van der Waals surface area contributed by atoms with Gasteiger partial charge in [0.15, 0.2) is 0 Å². The van der Waals surface area contributed by atoms with Crippen molar-refractivity contribution in [3.63, 3.8) is 0 Å². The van der Waals surface area contributed by atoms with Gasteiger partial charge < -0.3 is 4.90 Å². The van der Waals surface area contributed by atoms with Crippen LogP contribution in [0.2, 0.25) is 0 Å². The summed E-state index contributed by atoms with van der Waals surface area (Å²) in [6.45, 7) is 2.72. The predicted molar refractivity (Wildman–Crippen MR) is 113 cm³/mol. The van der Waals surface area contributed by atoms with Crippen LogP contribution in [0.1, 0.15) is 18.1 Å². The van der Waals surface area contributed by atoms with E-state index in [4.69, 9.17) is 5.10 Å². The molecule has 4 rings (SSSR count). The van der Waals surface area contributed by atoms with E-state index in [0.29, 0.717) is 13.1 Å². The summed E-state index contributed by atoms with van der Waals surface area (Å²) >= 11 is 1.66. The number of nitrogens with zero attached hydrogens (tertiary/aromatic N) is 3. The largest absolute Gasteiger partial charge is 0.334 e. The van der Waals surface area contributed by atoms with E-state index in [1.54, 1.807) is 18.3 Å². The molecule has 0 aliphatic carbocycles. The van der Waals surface area contributed by atoms with Crippen LogP contribution >= 0.6 is 11.3 Å². The summed E-state index contributed by atoms with van der Waals surface area (Å²) < 4.78 is 1.89. The van der Waals surface area contributed by atoms with Gasteiger partial charge in [-0.1, -0.05) is 54.6 Å². The highest BCUT2D eigenvalue weighted by Gasteiger charge is 2.18. The number of thiophene rings is 1. The Kier molecular flexibility index (Phi) is 5.35. The minimum absolute atomic E-state index is 0.0495. The second-order valence-electron chi connectivity index (χ2n) is 6.62. The van der Waals surface area contributed by atoms with E-state index in [-0.39, 0.29) is 5.91 Å². The number of aromatic nitrogens is 2. The lowest BCUT2D eigenvalue weighted by Gasteiger charge is -2.21. The Morgan fingerprint density at radius 1 is 0.964 bits per heavy atom. The summed E-state index contributed by atoms with van der Waals surface area (Å²) in [5.41, 5.74) is 4.09. The average Bonchev–Trinajstić information content (AvgIpc) is 3.39. The Bertz CT molecular complexity index is 1040. The van der Waals surface area contributed by atoms with E-state index >= 15 is 0 Å². The molecule has 0 saturated heterocycles. The van der Waals surface area contributed by atoms with Gasteiger partial charge in [0.25, 0.3) is 0 Å². The summed E-state index contributed by atoms with van der Waals surface area (Å²) in [5, 5.41) is 6.88. The van der Waals surface area contributed by atoms with Gasteiger partial charge in [-0.25, -0.2) is 4.68 Å². The first-order valence-electron chi connectivity index (χ1n) is 9.18. The number of carbonyl (C=O) groups excluding carboxylic acids is 1. The maximum Gasteiger partial charge on any atom is 0.220 e. The topological polar surface area (TPSA) is 38.1 Å². The summed E-state index contributed by atoms with van der Waals surface area (Å²) in [6.07, 6.45) is 2.03. The van der Waals surface area contributed by atoms with Gasteiger partial charge in [-0.15, -0.1) is 11.3 Å². The molecule has 0 fully saturated rings. The van der Waals surface area contributed by atoms with Gasteiger partial charge in [0, 0.05) is 31.8 Å². The van der Waals surface area contributed by atoms with E-state index in [1.807, 2.05) is 87.9 Å². The molecule has 0 N–H and O–H groups in total. The van der Waals surface area contributed by atoms with Crippen LogP contribution in [-0.4, -0.2) is 20.6 Å². The molecule has 2 aromatic carbocycles. The van der Waals surface area contributed by atoms with E-state index in [0.717, 1.165) is 27.4 Å². The second-order valence-corrected chi connectivity index (χ2v) is 7.57. The zero-order chi connectivity index (χ0) is 19.3. The molecule has 28 heavy (non-hydrogen) atoms. The van der Waals surface area contributed by atoms with Crippen molar-refractivity contribution in [2.45, 2.75) is 20.0 Å². The smallest absolute Gasteiger partial charge is 0.220 e. The lowest BCUT2D eigenvalue weighted by Crippen LogP contribution is -2.27. The molecule has 2 heterocycles. The lowest BCUT2D eigenvalue weighted by molar-refractivity contribution is -0.130. The third-order valence-corrected chi connectivity index (χ3v) is 5.46. The van der Waals surface area contributed by atoms with Crippen molar-refractivity contribution in [2.75, 3.05) is 0 Å². The van der Waals surface area contributed by atoms with Crippen molar-refractivity contribution in [2.24, 2.45) is 0 Å². The summed E-state index contributed by atoms with van der Waals surface area (Å²) in [6, 6.07) is 24.2. The molecular weight excluding hydrogens is 366 g/mol. The summed E-state index contributed by atoms with van der Waals surface area (Å²) in [4.78, 5) is 15.3. The molecule has 1 amide bonds. The van der Waals surface area contributed by atoms with E-state index < -0.39 is 0 Å². The normalized spacial score (nSPS) is 10.8. The van der Waals surface area contributed by atoms with E-state index in [1.165, 1.54) is 0 Å². The first kappa shape index (κ1) is 18.2. The number of rotatable bonds is 6. The molecule has 0 bridgehead atoms. The van der Waals surface area contributed by atoms with Gasteiger partial charge in [-0.2, -0.15) is 5.10 Å². The Morgan fingerprint density at radius 2 is 1.68 bits per heavy atom. The Hall–Kier alpha value is -3.18. The fraction of sp³-hybridized carbons (Fsp3) is 0.130. The highest BCUT2D eigenvalue weighted by molar-refractivity contribution is 7.13. The summed E-state index contributed by atoms with van der Waals surface area (Å²) in [7, 11) is 0. The Morgan fingerprint density at radius 3 is 2.32 bits per heavy atom. The van der Waals surface area contributed by atoms with Crippen LogP contribution in [0, 0.1) is 0 Å². The zero-order valence-corrected chi connectivity index (χ0v) is 16.5. The van der Waals surface area contributed by atoms with Crippen LogP contribution in [-0.2, 0) is 17.9 Å². The fourth-order valence-corrected chi connectivity index (χ4v) is 3.89. The number of hydrogen-bond acceptors (Lipinski definition) is 3. The third kappa shape index (κ3) is 4.05. The van der Waals surface area contributed by atoms with Gasteiger partial charge in [-0.05, 0) is 29.1 Å². The Labute approximate surface area is 168 Å². The molecule has 0 aliphatic heterocycles. The third-order valence-electron chi connectivity index (χ3n) is 4.59. The standard InChI is InChI=1S/C23H21N3OS/c1-18(27)25(15-19-9-4-2-5-10-19)16-20-17-26(21-11-6-3-7-12-21)24-23(20)22-13-8-14-28-22/h2-14,17H,15-16H2,1H3. The SMILES string of the molecule is CC(=O)N(Cc1ccccc1)Cc1cn(-c2ccccc2)nc1-c1cccs1. The number of benzene rings is 2. The van der Waals surface area contributed by atoms with Crippen molar-refractivity contribution in [3.8, 4) is 16.3 Å². The molecule has 0 spiro atoms. The van der Waals surface area contributed by atoms with Gasteiger partial charge >= 0.3 is 0 Å². The average molecular weight is 388 g/mol. The molecule has 0 saturated carbocycles. The molecule has 0 unspecified atom stereocenters. The maximum absolute atomic E-state index is 12.3. The molecule has 0 radical (unpaired) electrons. The van der Waals surface area contributed by atoms with E-state index in [2.05, 4.69) is 6.07 Å². The lowest BCUT2D eigenvalue weighted by atomic mass is 10.1. The predicted octanol–water partition coefficient (Wildman–Crippen LogP) is 5.15. The maximum atomic E-state index is 12.3. The van der Waals surface area contributed by atoms with Crippen molar-refractivity contribution in [3.05, 3.63) is 95.5 Å². The molecule has 4 aromatic rings. The quantitative estimate of drug-likeness (QED) is 0.459. The number of amides is 1. The fourth-order valence-electron chi connectivity index (χ4n) is 3.15. The molecule has 0 atom stereocenters. The van der Waals surface area contributed by atoms with Gasteiger partial charge in [0.1, 0.15) is 5.69 Å². The van der Waals surface area contributed by atoms with Gasteiger partial charge in [-0.3, -0.25) is 4.79 Å². The molecule has 2 aromatic heterocycles. The minimum atomic E-state index is 0.0495. The Balaban J connectivity index is 1.68. The van der Waals surface area contributed by atoms with Crippen LogP contribution < -0.4 is 0 Å². The van der Waals surface area contributed by atoms with E-state index in [9.17, 15) is 4.79 Å². The number of hydrogen-bond donors (Lipinski definition) is 0. The van der Waals surface area contributed by atoms with Crippen molar-refractivity contribution in [1.29, 1.82) is 0 Å². The first-order chi connectivity index (χ1) is 13.7. The van der Waals surface area contributed by atoms with Crippen LogP contribution in [0.15, 0.2) is 84.4 Å². The van der Waals surface area contributed by atoms with Crippen LogP contribution in [0.4, 0.5) is 0 Å². The van der Waals surface area contributed by atoms with Crippen molar-refractivity contribution in [1.82, 2.24) is 14.7 Å². The van der Waals surface area contributed by atoms with Gasteiger partial charge in [0.05, 0.1) is 10.6 Å². The van der Waals surface area contributed by atoms with Crippen LogP contribution in [0.3, 0.4) is 0 Å². The highest BCUT2D eigenvalue weighted by Crippen LogP contribution is 2.29. The second kappa shape index (κ2) is 8.23. The van der Waals surface area contributed by atoms with Crippen molar-refractivity contribution >= 4 is 17.2 Å². The minimum Gasteiger partial charge on any atom is -0.334 e. The highest BCUT2D eigenvalue weighted by atomic mass is 32.1. The zero-order valence-electron chi connectivity index (χ0n) is 15.7. The van der Waals surface area contributed by atoms with Crippen LogP contribution in [0.25, 0.3) is 16.3 Å². The first-order valence-corrected chi connectivity index (χ1v) is 10.1. The van der Waals surface area contributed by atoms with Crippen molar-refractivity contribution < 1.29 is 4.79 Å². The number of carbonyl (C=O) groups is 1. The number of para-hydroxylation sites is 1. The molecule has 4 nitrogen and oxygen atoms in total.